The van der Waals surface area contributed by atoms with Gasteiger partial charge in [-0.3, -0.25) is 4.99 Å². The lowest BCUT2D eigenvalue weighted by Crippen LogP contribution is -2.34. The van der Waals surface area contributed by atoms with Gasteiger partial charge in [0.1, 0.15) is 11.9 Å². The molecule has 1 aromatic carbocycles. The predicted molar refractivity (Wildman–Crippen MR) is 74.7 cm³/mol. The van der Waals surface area contributed by atoms with Gasteiger partial charge in [0.2, 0.25) is 0 Å². The van der Waals surface area contributed by atoms with E-state index in [0.717, 1.165) is 31.3 Å². The Bertz CT molecular complexity index is 450. The van der Waals surface area contributed by atoms with Crippen LogP contribution in [0.1, 0.15) is 24.5 Å². The molecule has 0 amide bonds. The van der Waals surface area contributed by atoms with Gasteiger partial charge in [0.05, 0.1) is 13.7 Å². The van der Waals surface area contributed by atoms with Crippen molar-refractivity contribution >= 4 is 5.90 Å². The Hall–Kier alpha value is -1.55. The number of hydrogen-bond acceptors (Lipinski definition) is 4. The fraction of sp³-hybridized carbons (Fsp3) is 0.533. The number of piperidine rings is 1. The Morgan fingerprint density at radius 3 is 2.84 bits per heavy atom. The molecule has 0 spiro atoms. The smallest absolute Gasteiger partial charge is 0.188 e. The normalized spacial score (nSPS) is 26.7. The molecule has 0 aromatic heterocycles. The van der Waals surface area contributed by atoms with Crippen LogP contribution in [0.4, 0.5) is 0 Å². The van der Waals surface area contributed by atoms with Gasteiger partial charge in [-0.25, -0.2) is 0 Å². The molecule has 0 bridgehead atoms. The number of hydrogen-bond donors (Lipinski definition) is 1. The van der Waals surface area contributed by atoms with Gasteiger partial charge in [-0.1, -0.05) is 12.1 Å². The lowest BCUT2D eigenvalue weighted by molar-refractivity contribution is 0.208. The first-order chi connectivity index (χ1) is 9.36. The minimum absolute atomic E-state index is 0.0721. The van der Waals surface area contributed by atoms with E-state index in [1.54, 1.807) is 7.11 Å². The minimum atomic E-state index is 0.0721. The summed E-state index contributed by atoms with van der Waals surface area (Å²) in [4.78, 5) is 4.58. The summed E-state index contributed by atoms with van der Waals surface area (Å²) >= 11 is 0. The number of benzene rings is 1. The summed E-state index contributed by atoms with van der Waals surface area (Å²) in [6, 6.07) is 8.06. The second-order valence-corrected chi connectivity index (χ2v) is 5.10. The summed E-state index contributed by atoms with van der Waals surface area (Å²) in [7, 11) is 1.68. The summed E-state index contributed by atoms with van der Waals surface area (Å²) in [6.07, 6.45) is 2.46. The summed E-state index contributed by atoms with van der Waals surface area (Å²) in [5, 5.41) is 3.40. The van der Waals surface area contributed by atoms with Gasteiger partial charge in [-0.2, -0.15) is 0 Å². The molecule has 102 valence electrons. The third-order valence-electron chi connectivity index (χ3n) is 3.81. The van der Waals surface area contributed by atoms with Gasteiger partial charge in [0.25, 0.3) is 0 Å². The third-order valence-corrected chi connectivity index (χ3v) is 3.81. The van der Waals surface area contributed by atoms with Crippen molar-refractivity contribution in [3.63, 3.8) is 0 Å². The van der Waals surface area contributed by atoms with Crippen LogP contribution in [0, 0.1) is 5.92 Å². The van der Waals surface area contributed by atoms with Crippen molar-refractivity contribution in [3.8, 4) is 5.75 Å². The molecule has 1 fully saturated rings. The van der Waals surface area contributed by atoms with Gasteiger partial charge in [-0.05, 0) is 37.1 Å². The lowest BCUT2D eigenvalue weighted by Gasteiger charge is -2.23. The maximum Gasteiger partial charge on any atom is 0.188 e. The van der Waals surface area contributed by atoms with Gasteiger partial charge in [-0.15, -0.1) is 0 Å². The quantitative estimate of drug-likeness (QED) is 0.905. The molecular formula is C15H20N2O2. The molecule has 2 unspecified atom stereocenters. The number of nitrogens with one attached hydrogen (secondary N) is 1. The lowest BCUT2D eigenvalue weighted by atomic mass is 10.00. The van der Waals surface area contributed by atoms with E-state index in [4.69, 9.17) is 9.47 Å². The monoisotopic (exact) mass is 260 g/mol. The van der Waals surface area contributed by atoms with Crippen molar-refractivity contribution in [2.24, 2.45) is 10.9 Å². The zero-order chi connectivity index (χ0) is 13.1. The van der Waals surface area contributed by atoms with Gasteiger partial charge in [0.15, 0.2) is 5.90 Å². The van der Waals surface area contributed by atoms with Crippen LogP contribution in [0.25, 0.3) is 0 Å². The standard InChI is InChI=1S/C15H20N2O2/c1-18-13-6-4-11(5-7-13)14-10-17-15(19-14)12-3-2-8-16-9-12/h4-7,12,14,16H,2-3,8-10H2,1H3. The Kier molecular flexibility index (Phi) is 3.69. The molecule has 4 nitrogen and oxygen atoms in total. The highest BCUT2D eigenvalue weighted by Crippen LogP contribution is 2.28. The van der Waals surface area contributed by atoms with Crippen LogP contribution in [0.5, 0.6) is 5.75 Å². The van der Waals surface area contributed by atoms with E-state index in [1.807, 2.05) is 12.1 Å². The second kappa shape index (κ2) is 5.61. The van der Waals surface area contributed by atoms with Crippen molar-refractivity contribution < 1.29 is 9.47 Å². The van der Waals surface area contributed by atoms with Gasteiger partial charge in [0, 0.05) is 12.5 Å². The molecule has 3 rings (SSSR count). The second-order valence-electron chi connectivity index (χ2n) is 5.10. The number of methoxy groups -OCH3 is 1. The predicted octanol–water partition coefficient (Wildman–Crippen LogP) is 2.16. The number of aliphatic imine (C=N–C) groups is 1. The van der Waals surface area contributed by atoms with Crippen LogP contribution in [0.2, 0.25) is 0 Å². The first-order valence-corrected chi connectivity index (χ1v) is 6.92. The highest BCUT2D eigenvalue weighted by Gasteiger charge is 2.28. The fourth-order valence-electron chi connectivity index (χ4n) is 2.67. The van der Waals surface area contributed by atoms with Crippen LogP contribution in [0.3, 0.4) is 0 Å². The molecule has 0 saturated carbocycles. The highest BCUT2D eigenvalue weighted by molar-refractivity contribution is 5.80. The number of nitrogens with zero attached hydrogens (tertiary/aromatic N) is 1. The highest BCUT2D eigenvalue weighted by atomic mass is 16.5. The molecular weight excluding hydrogens is 240 g/mol. The minimum Gasteiger partial charge on any atom is -0.497 e. The zero-order valence-corrected chi connectivity index (χ0v) is 11.3. The fourth-order valence-corrected chi connectivity index (χ4v) is 2.67. The molecule has 19 heavy (non-hydrogen) atoms. The van der Waals surface area contributed by atoms with Crippen LogP contribution in [-0.2, 0) is 4.74 Å². The molecule has 2 aliphatic rings. The van der Waals surface area contributed by atoms with Crippen molar-refractivity contribution in [2.45, 2.75) is 18.9 Å². The first-order valence-electron chi connectivity index (χ1n) is 6.92. The van der Waals surface area contributed by atoms with E-state index in [2.05, 4.69) is 22.4 Å². The summed E-state index contributed by atoms with van der Waals surface area (Å²) in [5.41, 5.74) is 1.17. The SMILES string of the molecule is COc1ccc(C2CN=C(C3CCCNC3)O2)cc1. The van der Waals surface area contributed by atoms with Crippen LogP contribution >= 0.6 is 0 Å². The Labute approximate surface area is 113 Å². The molecule has 2 aliphatic heterocycles. The summed E-state index contributed by atoms with van der Waals surface area (Å²) < 4.78 is 11.2. The first kappa shape index (κ1) is 12.5. The Morgan fingerprint density at radius 1 is 1.32 bits per heavy atom. The average molecular weight is 260 g/mol. The molecule has 1 N–H and O–H groups in total. The molecule has 0 aliphatic carbocycles. The van der Waals surface area contributed by atoms with Crippen LogP contribution < -0.4 is 10.1 Å². The van der Waals surface area contributed by atoms with Crippen LogP contribution in [0.15, 0.2) is 29.3 Å². The molecule has 1 saturated heterocycles. The maximum atomic E-state index is 6.03. The van der Waals surface area contributed by atoms with Crippen molar-refractivity contribution in [1.82, 2.24) is 5.32 Å². The topological polar surface area (TPSA) is 42.8 Å². The zero-order valence-electron chi connectivity index (χ0n) is 11.3. The largest absolute Gasteiger partial charge is 0.497 e. The van der Waals surface area contributed by atoms with E-state index < -0.39 is 0 Å². The molecule has 4 heteroatoms. The maximum absolute atomic E-state index is 6.03. The van der Waals surface area contributed by atoms with Crippen molar-refractivity contribution in [2.75, 3.05) is 26.7 Å². The summed E-state index contributed by atoms with van der Waals surface area (Å²) in [5.74, 6) is 2.27. The third kappa shape index (κ3) is 2.73. The van der Waals surface area contributed by atoms with E-state index >= 15 is 0 Å². The van der Waals surface area contributed by atoms with E-state index in [1.165, 1.54) is 18.4 Å². The molecule has 0 radical (unpaired) electrons. The average Bonchev–Trinajstić information content (AvgIpc) is 2.98. The summed E-state index contributed by atoms with van der Waals surface area (Å²) in [6.45, 7) is 2.85. The Morgan fingerprint density at radius 2 is 2.16 bits per heavy atom. The van der Waals surface area contributed by atoms with E-state index in [0.29, 0.717) is 5.92 Å². The number of rotatable bonds is 3. The molecule has 2 heterocycles. The molecule has 2 atom stereocenters. The van der Waals surface area contributed by atoms with E-state index in [9.17, 15) is 0 Å². The Balaban J connectivity index is 1.63. The van der Waals surface area contributed by atoms with Crippen molar-refractivity contribution in [3.05, 3.63) is 29.8 Å². The van der Waals surface area contributed by atoms with Crippen LogP contribution in [-0.4, -0.2) is 32.6 Å². The van der Waals surface area contributed by atoms with Crippen molar-refractivity contribution in [1.29, 1.82) is 0 Å². The van der Waals surface area contributed by atoms with E-state index in [-0.39, 0.29) is 6.10 Å². The molecule has 1 aromatic rings. The van der Waals surface area contributed by atoms with Gasteiger partial charge >= 0.3 is 0 Å². The number of ether oxygens (including phenoxy) is 2. The van der Waals surface area contributed by atoms with Gasteiger partial charge < -0.3 is 14.8 Å².